The summed E-state index contributed by atoms with van der Waals surface area (Å²) in [4.78, 5) is 11.3. The number of anilines is 1. The third-order valence-corrected chi connectivity index (χ3v) is 3.17. The van der Waals surface area contributed by atoms with Crippen LogP contribution >= 0.6 is 18.1 Å². The van der Waals surface area contributed by atoms with E-state index in [1.54, 1.807) is 31.2 Å². The molecular weight excluding hydrogens is 251 g/mol. The average molecular weight is 263 g/mol. The van der Waals surface area contributed by atoms with E-state index in [2.05, 4.69) is 14.9 Å². The standard InChI is InChI=1S/C9H12ClN2O3P/c1-2-15-16(10,14)12-9(13)11-8-6-4-3-5-7-8/h3-7H,2H2,1H3,(H2,11,12,13,14). The molecule has 0 saturated carbocycles. The zero-order valence-electron chi connectivity index (χ0n) is 8.64. The second-order valence-electron chi connectivity index (χ2n) is 2.83. The number of rotatable bonds is 4. The number of hydrogen-bond donors (Lipinski definition) is 2. The maximum absolute atomic E-state index is 11.4. The van der Waals surface area contributed by atoms with Gasteiger partial charge in [-0.25, -0.2) is 9.36 Å². The zero-order chi connectivity index (χ0) is 12.0. The van der Waals surface area contributed by atoms with Crippen molar-refractivity contribution in [3.63, 3.8) is 0 Å². The van der Waals surface area contributed by atoms with Gasteiger partial charge in [0.25, 0.3) is 0 Å². The fraction of sp³-hybridized carbons (Fsp3) is 0.222. The first-order valence-corrected chi connectivity index (χ1v) is 7.15. The molecule has 7 heteroatoms. The molecule has 0 aromatic heterocycles. The molecule has 1 rings (SSSR count). The van der Waals surface area contributed by atoms with Crippen molar-refractivity contribution in [3.8, 4) is 0 Å². The molecule has 2 amide bonds. The Labute approximate surface area is 98.4 Å². The van der Waals surface area contributed by atoms with Gasteiger partial charge in [-0.2, -0.15) is 0 Å². The van der Waals surface area contributed by atoms with E-state index in [0.717, 1.165) is 0 Å². The van der Waals surface area contributed by atoms with E-state index in [1.165, 1.54) is 0 Å². The molecule has 0 aliphatic heterocycles. The average Bonchev–Trinajstić information content (AvgIpc) is 2.17. The van der Waals surface area contributed by atoms with Crippen LogP contribution in [0.25, 0.3) is 0 Å². The van der Waals surface area contributed by atoms with Crippen LogP contribution in [0.15, 0.2) is 30.3 Å². The lowest BCUT2D eigenvalue weighted by Gasteiger charge is -2.12. The van der Waals surface area contributed by atoms with Crippen molar-refractivity contribution in [2.45, 2.75) is 6.92 Å². The van der Waals surface area contributed by atoms with Crippen molar-refractivity contribution < 1.29 is 13.9 Å². The smallest absolute Gasteiger partial charge is 0.308 e. The zero-order valence-corrected chi connectivity index (χ0v) is 10.3. The molecule has 2 N–H and O–H groups in total. The largest absolute Gasteiger partial charge is 0.389 e. The molecule has 88 valence electrons. The van der Waals surface area contributed by atoms with Gasteiger partial charge in [0.2, 0.25) is 0 Å². The number of hydrogen-bond acceptors (Lipinski definition) is 3. The van der Waals surface area contributed by atoms with E-state index in [0.29, 0.717) is 5.69 Å². The lowest BCUT2D eigenvalue weighted by molar-refractivity contribution is 0.254. The molecule has 1 aromatic rings. The number of urea groups is 1. The molecule has 1 atom stereocenters. The van der Waals surface area contributed by atoms with Crippen molar-refractivity contribution in [1.29, 1.82) is 0 Å². The Morgan fingerprint density at radius 1 is 1.44 bits per heavy atom. The third kappa shape index (κ3) is 4.66. The highest BCUT2D eigenvalue weighted by Gasteiger charge is 2.21. The monoisotopic (exact) mass is 262 g/mol. The fourth-order valence-corrected chi connectivity index (χ4v) is 2.22. The van der Waals surface area contributed by atoms with Gasteiger partial charge in [-0.1, -0.05) is 18.2 Å². The van der Waals surface area contributed by atoms with Crippen LogP contribution in [0.2, 0.25) is 0 Å². The number of carbonyl (C=O) groups excluding carboxylic acids is 1. The first-order valence-electron chi connectivity index (χ1n) is 4.62. The Bertz CT molecular complexity index is 399. The summed E-state index contributed by atoms with van der Waals surface area (Å²) in [5.41, 5.74) is 0.577. The molecule has 0 aliphatic rings. The molecule has 0 radical (unpaired) electrons. The van der Waals surface area contributed by atoms with Gasteiger partial charge < -0.3 is 9.84 Å². The van der Waals surface area contributed by atoms with Crippen molar-refractivity contribution >= 4 is 29.8 Å². The summed E-state index contributed by atoms with van der Waals surface area (Å²) in [7, 11) is 0. The Hall–Kier alpha value is -1.03. The number of carbonyl (C=O) groups is 1. The highest BCUT2D eigenvalue weighted by atomic mass is 35.7. The highest BCUT2D eigenvalue weighted by molar-refractivity contribution is 7.84. The van der Waals surface area contributed by atoms with Gasteiger partial charge in [0.1, 0.15) is 0 Å². The molecule has 1 aromatic carbocycles. The summed E-state index contributed by atoms with van der Waals surface area (Å²) in [6.45, 7) is -1.79. The topological polar surface area (TPSA) is 67.4 Å². The number of nitrogens with one attached hydrogen (secondary N) is 2. The second-order valence-corrected chi connectivity index (χ2v) is 5.61. The van der Waals surface area contributed by atoms with Gasteiger partial charge in [-0.05, 0) is 30.3 Å². The van der Waals surface area contributed by atoms with E-state index < -0.39 is 12.9 Å². The first-order chi connectivity index (χ1) is 7.53. The van der Waals surface area contributed by atoms with E-state index in [9.17, 15) is 9.36 Å². The maximum atomic E-state index is 11.4. The summed E-state index contributed by atoms with van der Waals surface area (Å²) in [6, 6.07) is 8.06. The Balaban J connectivity index is 2.51. The summed E-state index contributed by atoms with van der Waals surface area (Å²) >= 11 is 5.46. The molecule has 0 heterocycles. The highest BCUT2D eigenvalue weighted by Crippen LogP contribution is 2.47. The molecule has 0 bridgehead atoms. The Kier molecular flexibility index (Phi) is 4.80. The molecule has 5 nitrogen and oxygen atoms in total. The normalized spacial score (nSPS) is 13.9. The van der Waals surface area contributed by atoms with E-state index in [4.69, 9.17) is 11.2 Å². The molecular formula is C9H12ClN2O3P. The number of para-hydroxylation sites is 1. The van der Waals surface area contributed by atoms with Crippen LogP contribution in [0.3, 0.4) is 0 Å². The van der Waals surface area contributed by atoms with Crippen LogP contribution in [-0.2, 0) is 9.09 Å². The number of halogens is 1. The third-order valence-electron chi connectivity index (χ3n) is 1.56. The van der Waals surface area contributed by atoms with Crippen LogP contribution < -0.4 is 10.4 Å². The van der Waals surface area contributed by atoms with Crippen molar-refractivity contribution in [2.75, 3.05) is 11.9 Å². The van der Waals surface area contributed by atoms with Crippen molar-refractivity contribution in [3.05, 3.63) is 30.3 Å². The number of amides is 2. The van der Waals surface area contributed by atoms with Crippen LogP contribution in [0, 0.1) is 0 Å². The van der Waals surface area contributed by atoms with Crippen LogP contribution in [-0.4, -0.2) is 12.6 Å². The molecule has 0 spiro atoms. The van der Waals surface area contributed by atoms with Gasteiger partial charge in [0, 0.05) is 5.69 Å². The second kappa shape index (κ2) is 5.89. The summed E-state index contributed by atoms with van der Waals surface area (Å²) in [5, 5.41) is 4.52. The molecule has 0 aliphatic carbocycles. The van der Waals surface area contributed by atoms with Crippen molar-refractivity contribution in [1.82, 2.24) is 5.09 Å². The van der Waals surface area contributed by atoms with E-state index in [-0.39, 0.29) is 6.61 Å². The Morgan fingerprint density at radius 2 is 2.06 bits per heavy atom. The molecule has 16 heavy (non-hydrogen) atoms. The predicted octanol–water partition coefficient (Wildman–Crippen LogP) is 3.19. The first kappa shape index (κ1) is 13.0. The minimum Gasteiger partial charge on any atom is -0.308 e. The van der Waals surface area contributed by atoms with Gasteiger partial charge >= 0.3 is 12.9 Å². The maximum Gasteiger partial charge on any atom is 0.389 e. The quantitative estimate of drug-likeness (QED) is 0.819. The van der Waals surface area contributed by atoms with Gasteiger partial charge in [-0.15, -0.1) is 0 Å². The fourth-order valence-electron chi connectivity index (χ4n) is 1.00. The summed E-state index contributed by atoms with van der Waals surface area (Å²) in [6.07, 6.45) is 0. The van der Waals surface area contributed by atoms with E-state index in [1.807, 2.05) is 6.07 Å². The van der Waals surface area contributed by atoms with Gasteiger partial charge in [0.05, 0.1) is 6.61 Å². The molecule has 0 saturated heterocycles. The minimum atomic E-state index is -3.58. The summed E-state index contributed by atoms with van der Waals surface area (Å²) < 4.78 is 16.1. The summed E-state index contributed by atoms with van der Waals surface area (Å²) in [5.74, 6) is 0. The lowest BCUT2D eigenvalue weighted by Crippen LogP contribution is -2.25. The SMILES string of the molecule is CCOP(=O)(Cl)NC(=O)Nc1ccccc1. The molecule has 0 fully saturated rings. The molecule has 1 unspecified atom stereocenters. The Morgan fingerprint density at radius 3 is 2.62 bits per heavy atom. The van der Waals surface area contributed by atoms with Crippen LogP contribution in [0.1, 0.15) is 6.92 Å². The lowest BCUT2D eigenvalue weighted by atomic mass is 10.3. The van der Waals surface area contributed by atoms with E-state index >= 15 is 0 Å². The van der Waals surface area contributed by atoms with Crippen LogP contribution in [0.5, 0.6) is 0 Å². The van der Waals surface area contributed by atoms with Gasteiger partial charge in [-0.3, -0.25) is 5.09 Å². The van der Waals surface area contributed by atoms with Gasteiger partial charge in [0.15, 0.2) is 0 Å². The van der Waals surface area contributed by atoms with Crippen molar-refractivity contribution in [2.24, 2.45) is 0 Å². The van der Waals surface area contributed by atoms with Crippen LogP contribution in [0.4, 0.5) is 10.5 Å². The predicted molar refractivity (Wildman–Crippen MR) is 63.7 cm³/mol. The minimum absolute atomic E-state index is 0.159. The number of benzene rings is 1.